The van der Waals surface area contributed by atoms with Gasteiger partial charge in [-0.2, -0.15) is 0 Å². The van der Waals surface area contributed by atoms with Crippen molar-refractivity contribution in [1.82, 2.24) is 4.90 Å². The Morgan fingerprint density at radius 1 is 1.00 bits per heavy atom. The third kappa shape index (κ3) is 3.51. The Hall–Kier alpha value is -0.970. The summed E-state index contributed by atoms with van der Waals surface area (Å²) in [6.45, 7) is 0. The average Bonchev–Trinajstić information content (AvgIpc) is 2.38. The molecule has 0 aromatic heterocycles. The van der Waals surface area contributed by atoms with Gasteiger partial charge in [-0.3, -0.25) is 4.90 Å². The van der Waals surface area contributed by atoms with E-state index in [1.165, 1.54) is 32.1 Å². The van der Waals surface area contributed by atoms with Crippen molar-refractivity contribution < 1.29 is 0 Å². The molecule has 1 saturated carbocycles. The summed E-state index contributed by atoms with van der Waals surface area (Å²) in [4.78, 5) is 2.31. The first kappa shape index (κ1) is 15.1. The van der Waals surface area contributed by atoms with Gasteiger partial charge in [0.25, 0.3) is 0 Å². The van der Waals surface area contributed by atoms with Gasteiger partial charge in [-0.05, 0) is 39.1 Å². The molecule has 1 aromatic rings. The molecule has 98 valence electrons. The number of rotatable bonds is 1. The van der Waals surface area contributed by atoms with Crippen molar-refractivity contribution in [1.29, 1.82) is 0 Å². The third-order valence-electron chi connectivity index (χ3n) is 3.75. The van der Waals surface area contributed by atoms with Crippen LogP contribution in [0.2, 0.25) is 0 Å². The van der Waals surface area contributed by atoms with Crippen LogP contribution >= 0.6 is 12.4 Å². The molecule has 0 spiro atoms. The standard InChI is InChI=1S/C16H21N.ClH/c1-17(2)16(12-7-4-8-13-16)14-11-15-9-5-3-6-10-15;/h3,5-6,9-10H,4,7-8,12-13H2,1-2H3;1H. The highest BCUT2D eigenvalue weighted by Crippen LogP contribution is 2.31. The van der Waals surface area contributed by atoms with Crippen molar-refractivity contribution in [3.05, 3.63) is 35.9 Å². The molecule has 1 aromatic carbocycles. The summed E-state index contributed by atoms with van der Waals surface area (Å²) in [6, 6.07) is 10.3. The summed E-state index contributed by atoms with van der Waals surface area (Å²) in [5.74, 6) is 6.87. The van der Waals surface area contributed by atoms with Crippen LogP contribution in [-0.2, 0) is 0 Å². The molecule has 0 amide bonds. The summed E-state index contributed by atoms with van der Waals surface area (Å²) in [7, 11) is 4.32. The lowest BCUT2D eigenvalue weighted by atomic mass is 9.81. The van der Waals surface area contributed by atoms with Gasteiger partial charge in [0.05, 0.1) is 5.54 Å². The first-order valence-corrected chi connectivity index (χ1v) is 6.49. The van der Waals surface area contributed by atoms with Crippen LogP contribution < -0.4 is 0 Å². The zero-order chi connectivity index (χ0) is 12.1. The second-order valence-corrected chi connectivity index (χ2v) is 5.10. The fourth-order valence-corrected chi connectivity index (χ4v) is 2.53. The van der Waals surface area contributed by atoms with Crippen molar-refractivity contribution in [2.75, 3.05) is 14.1 Å². The van der Waals surface area contributed by atoms with E-state index >= 15 is 0 Å². The van der Waals surface area contributed by atoms with Gasteiger partial charge in [0.2, 0.25) is 0 Å². The normalized spacial score (nSPS) is 17.5. The zero-order valence-electron chi connectivity index (χ0n) is 11.3. The van der Waals surface area contributed by atoms with Crippen LogP contribution in [0.1, 0.15) is 37.7 Å². The van der Waals surface area contributed by atoms with E-state index < -0.39 is 0 Å². The monoisotopic (exact) mass is 263 g/mol. The van der Waals surface area contributed by atoms with Gasteiger partial charge >= 0.3 is 0 Å². The lowest BCUT2D eigenvalue weighted by molar-refractivity contribution is 0.161. The van der Waals surface area contributed by atoms with Gasteiger partial charge in [-0.25, -0.2) is 0 Å². The van der Waals surface area contributed by atoms with E-state index in [2.05, 4.69) is 43.0 Å². The summed E-state index contributed by atoms with van der Waals surface area (Å²) in [5, 5.41) is 0. The Balaban J connectivity index is 0.00000162. The van der Waals surface area contributed by atoms with Gasteiger partial charge in [-0.1, -0.05) is 49.3 Å². The molecule has 2 heteroatoms. The highest BCUT2D eigenvalue weighted by molar-refractivity contribution is 5.85. The predicted molar refractivity (Wildman–Crippen MR) is 80.1 cm³/mol. The number of halogens is 1. The maximum atomic E-state index is 3.53. The van der Waals surface area contributed by atoms with Crippen LogP contribution in [-0.4, -0.2) is 24.5 Å². The highest BCUT2D eigenvalue weighted by Gasteiger charge is 2.32. The molecule has 1 aliphatic rings. The molecule has 0 aliphatic heterocycles. The summed E-state index contributed by atoms with van der Waals surface area (Å²) < 4.78 is 0. The van der Waals surface area contributed by atoms with Crippen LogP contribution in [0.15, 0.2) is 30.3 Å². The van der Waals surface area contributed by atoms with Gasteiger partial charge in [0.1, 0.15) is 0 Å². The molecule has 0 atom stereocenters. The maximum Gasteiger partial charge on any atom is 0.0824 e. The average molecular weight is 264 g/mol. The smallest absolute Gasteiger partial charge is 0.0824 e. The molecular formula is C16H22ClN. The van der Waals surface area contributed by atoms with Gasteiger partial charge < -0.3 is 0 Å². The topological polar surface area (TPSA) is 3.24 Å². The lowest BCUT2D eigenvalue weighted by Crippen LogP contribution is -2.44. The largest absolute Gasteiger partial charge is 0.293 e. The Bertz CT molecular complexity index is 408. The molecule has 0 unspecified atom stereocenters. The van der Waals surface area contributed by atoms with Crippen LogP contribution in [0.5, 0.6) is 0 Å². The molecule has 2 rings (SSSR count). The Morgan fingerprint density at radius 3 is 2.17 bits per heavy atom. The van der Waals surface area contributed by atoms with Crippen LogP contribution in [0.3, 0.4) is 0 Å². The van der Waals surface area contributed by atoms with Crippen molar-refractivity contribution >= 4 is 12.4 Å². The number of hydrogen-bond donors (Lipinski definition) is 0. The van der Waals surface area contributed by atoms with Crippen molar-refractivity contribution in [3.63, 3.8) is 0 Å². The van der Waals surface area contributed by atoms with Gasteiger partial charge in [0.15, 0.2) is 0 Å². The van der Waals surface area contributed by atoms with Crippen molar-refractivity contribution in [3.8, 4) is 11.8 Å². The minimum absolute atomic E-state index is 0. The molecule has 0 bridgehead atoms. The Labute approximate surface area is 117 Å². The van der Waals surface area contributed by atoms with Crippen molar-refractivity contribution in [2.45, 2.75) is 37.6 Å². The molecular weight excluding hydrogens is 242 g/mol. The van der Waals surface area contributed by atoms with E-state index in [1.807, 2.05) is 18.2 Å². The maximum absolute atomic E-state index is 3.53. The first-order chi connectivity index (χ1) is 8.23. The second kappa shape index (κ2) is 6.83. The third-order valence-corrected chi connectivity index (χ3v) is 3.75. The van der Waals surface area contributed by atoms with Gasteiger partial charge in [-0.15, -0.1) is 12.4 Å². The number of benzene rings is 1. The van der Waals surface area contributed by atoms with Crippen molar-refractivity contribution in [2.24, 2.45) is 0 Å². The Kier molecular flexibility index (Phi) is 5.72. The molecule has 1 aliphatic carbocycles. The molecule has 0 radical (unpaired) electrons. The Morgan fingerprint density at radius 2 is 1.61 bits per heavy atom. The first-order valence-electron chi connectivity index (χ1n) is 6.49. The van der Waals surface area contributed by atoms with E-state index in [9.17, 15) is 0 Å². The molecule has 1 fully saturated rings. The number of nitrogens with zero attached hydrogens (tertiary/aromatic N) is 1. The minimum atomic E-state index is 0. The number of hydrogen-bond acceptors (Lipinski definition) is 1. The van der Waals surface area contributed by atoms with Crippen LogP contribution in [0, 0.1) is 11.8 Å². The lowest BCUT2D eigenvalue weighted by Gasteiger charge is -2.38. The quantitative estimate of drug-likeness (QED) is 0.698. The van der Waals surface area contributed by atoms with E-state index in [0.29, 0.717) is 0 Å². The molecule has 0 heterocycles. The minimum Gasteiger partial charge on any atom is -0.293 e. The second-order valence-electron chi connectivity index (χ2n) is 5.10. The summed E-state index contributed by atoms with van der Waals surface area (Å²) in [5.41, 5.74) is 1.23. The molecule has 1 nitrogen and oxygen atoms in total. The SMILES string of the molecule is CN(C)C1(C#Cc2ccccc2)CCCCC1.Cl. The van der Waals surface area contributed by atoms with E-state index in [0.717, 1.165) is 5.56 Å². The zero-order valence-corrected chi connectivity index (χ0v) is 12.1. The molecule has 0 N–H and O–H groups in total. The fourth-order valence-electron chi connectivity index (χ4n) is 2.53. The predicted octanol–water partition coefficient (Wildman–Crippen LogP) is 3.72. The summed E-state index contributed by atoms with van der Waals surface area (Å²) in [6.07, 6.45) is 6.39. The van der Waals surface area contributed by atoms with Crippen LogP contribution in [0.25, 0.3) is 0 Å². The van der Waals surface area contributed by atoms with Gasteiger partial charge in [0, 0.05) is 5.56 Å². The fraction of sp³-hybridized carbons (Fsp3) is 0.500. The summed E-state index contributed by atoms with van der Waals surface area (Å²) >= 11 is 0. The molecule has 0 saturated heterocycles. The highest BCUT2D eigenvalue weighted by atomic mass is 35.5. The van der Waals surface area contributed by atoms with Crippen LogP contribution in [0.4, 0.5) is 0 Å². The van der Waals surface area contributed by atoms with E-state index in [4.69, 9.17) is 0 Å². The molecule has 18 heavy (non-hydrogen) atoms. The van der Waals surface area contributed by atoms with E-state index in [1.54, 1.807) is 0 Å². The van der Waals surface area contributed by atoms with E-state index in [-0.39, 0.29) is 17.9 Å².